The summed E-state index contributed by atoms with van der Waals surface area (Å²) in [5.74, 6) is -0.544. The number of imidazole rings is 1. The molecule has 0 radical (unpaired) electrons. The Labute approximate surface area is 144 Å². The Morgan fingerprint density at radius 2 is 2.21 bits per heavy atom. The van der Waals surface area contributed by atoms with E-state index in [1.807, 2.05) is 12.5 Å². The Hall–Kier alpha value is -1.65. The third-order valence-electron chi connectivity index (χ3n) is 4.78. The number of hydrogen-bond donors (Lipinski definition) is 0. The van der Waals surface area contributed by atoms with E-state index in [2.05, 4.69) is 48.5 Å². The van der Waals surface area contributed by atoms with Crippen molar-refractivity contribution >= 4 is 0 Å². The highest BCUT2D eigenvalue weighted by Crippen LogP contribution is 2.32. The van der Waals surface area contributed by atoms with Crippen molar-refractivity contribution in [3.05, 3.63) is 53.6 Å². The second-order valence-electron chi connectivity index (χ2n) is 6.92. The van der Waals surface area contributed by atoms with Crippen molar-refractivity contribution in [2.45, 2.75) is 64.9 Å². The minimum absolute atomic E-state index is 0.206. The van der Waals surface area contributed by atoms with Gasteiger partial charge in [0.25, 0.3) is 0 Å². The summed E-state index contributed by atoms with van der Waals surface area (Å²) in [6.07, 6.45) is 9.79. The summed E-state index contributed by atoms with van der Waals surface area (Å²) in [5.41, 5.74) is 4.02. The van der Waals surface area contributed by atoms with Crippen molar-refractivity contribution in [1.82, 2.24) is 9.55 Å². The first-order valence-corrected chi connectivity index (χ1v) is 8.94. The van der Waals surface area contributed by atoms with E-state index >= 15 is 0 Å². The van der Waals surface area contributed by atoms with Crippen LogP contribution in [-0.2, 0) is 22.4 Å². The molecular formula is C20H28N2O2. The van der Waals surface area contributed by atoms with Gasteiger partial charge in [-0.3, -0.25) is 0 Å². The lowest BCUT2D eigenvalue weighted by Crippen LogP contribution is -2.36. The van der Waals surface area contributed by atoms with Crippen LogP contribution in [0.2, 0.25) is 0 Å². The van der Waals surface area contributed by atoms with Gasteiger partial charge in [-0.05, 0) is 37.8 Å². The number of hydrogen-bond acceptors (Lipinski definition) is 3. The average Bonchev–Trinajstić information content (AvgIpc) is 3.18. The minimum atomic E-state index is -0.544. The molecule has 24 heavy (non-hydrogen) atoms. The molecule has 2 unspecified atom stereocenters. The molecule has 4 heteroatoms. The van der Waals surface area contributed by atoms with Gasteiger partial charge in [0.1, 0.15) is 0 Å². The first-order chi connectivity index (χ1) is 11.6. The number of aromatic nitrogens is 2. The molecule has 4 nitrogen and oxygen atoms in total. The van der Waals surface area contributed by atoms with E-state index in [4.69, 9.17) is 9.47 Å². The van der Waals surface area contributed by atoms with Gasteiger partial charge < -0.3 is 14.0 Å². The molecule has 1 aromatic heterocycles. The molecule has 0 spiro atoms. The Morgan fingerprint density at radius 3 is 2.92 bits per heavy atom. The van der Waals surface area contributed by atoms with Crippen LogP contribution in [0.5, 0.6) is 0 Å². The van der Waals surface area contributed by atoms with Crippen LogP contribution in [0.1, 0.15) is 42.9 Å². The molecule has 1 aromatic carbocycles. The van der Waals surface area contributed by atoms with Crippen molar-refractivity contribution < 1.29 is 9.47 Å². The Balaban J connectivity index is 1.72. The molecule has 130 valence electrons. The molecule has 2 aromatic rings. The Morgan fingerprint density at radius 1 is 1.33 bits per heavy atom. The lowest BCUT2D eigenvalue weighted by atomic mass is 9.98. The van der Waals surface area contributed by atoms with Crippen LogP contribution in [0, 0.1) is 13.8 Å². The summed E-state index contributed by atoms with van der Waals surface area (Å²) in [6.45, 7) is 7.89. The second kappa shape index (κ2) is 7.49. The molecule has 2 heterocycles. The molecule has 0 saturated carbocycles. The molecule has 0 N–H and O–H groups in total. The molecule has 1 saturated heterocycles. The van der Waals surface area contributed by atoms with Crippen LogP contribution in [0.4, 0.5) is 0 Å². The van der Waals surface area contributed by atoms with Gasteiger partial charge in [-0.15, -0.1) is 0 Å². The van der Waals surface area contributed by atoms with E-state index in [1.54, 1.807) is 6.20 Å². The third kappa shape index (κ3) is 4.05. The monoisotopic (exact) mass is 328 g/mol. The summed E-state index contributed by atoms with van der Waals surface area (Å²) in [4.78, 5) is 4.14. The lowest BCUT2D eigenvalue weighted by Gasteiger charge is -2.29. The predicted molar refractivity (Wildman–Crippen MR) is 94.9 cm³/mol. The molecule has 0 aliphatic carbocycles. The highest BCUT2D eigenvalue weighted by Gasteiger charge is 2.41. The molecule has 2 atom stereocenters. The highest BCUT2D eigenvalue weighted by atomic mass is 16.7. The molecule has 3 rings (SSSR count). The second-order valence-corrected chi connectivity index (χ2v) is 6.92. The fourth-order valence-electron chi connectivity index (χ4n) is 3.48. The van der Waals surface area contributed by atoms with E-state index < -0.39 is 5.79 Å². The largest absolute Gasteiger partial charge is 0.345 e. The van der Waals surface area contributed by atoms with Crippen LogP contribution in [0.3, 0.4) is 0 Å². The Bertz CT molecular complexity index is 654. The molecule has 1 aliphatic rings. The van der Waals surface area contributed by atoms with Gasteiger partial charge in [0, 0.05) is 18.8 Å². The van der Waals surface area contributed by atoms with Crippen LogP contribution in [0.15, 0.2) is 36.9 Å². The molecule has 1 fully saturated rings. The third-order valence-corrected chi connectivity index (χ3v) is 4.78. The lowest BCUT2D eigenvalue weighted by molar-refractivity contribution is -0.182. The Kier molecular flexibility index (Phi) is 5.36. The first kappa shape index (κ1) is 17.2. The summed E-state index contributed by atoms with van der Waals surface area (Å²) >= 11 is 0. The van der Waals surface area contributed by atoms with Gasteiger partial charge in [-0.25, -0.2) is 4.98 Å². The number of benzene rings is 1. The molecule has 0 amide bonds. The predicted octanol–water partition coefficient (Wildman–Crippen LogP) is 4.04. The van der Waals surface area contributed by atoms with E-state index in [0.717, 1.165) is 25.7 Å². The van der Waals surface area contributed by atoms with E-state index in [1.165, 1.54) is 16.7 Å². The summed E-state index contributed by atoms with van der Waals surface area (Å²) in [7, 11) is 0. The number of ether oxygens (including phenoxy) is 2. The smallest absolute Gasteiger partial charge is 0.187 e. The number of nitrogens with zero attached hydrogens (tertiary/aromatic N) is 2. The zero-order chi connectivity index (χ0) is 17.0. The maximum absolute atomic E-state index is 6.38. The summed E-state index contributed by atoms with van der Waals surface area (Å²) in [6, 6.07) is 6.66. The molecular weight excluding hydrogens is 300 g/mol. The van der Waals surface area contributed by atoms with Crippen molar-refractivity contribution in [2.75, 3.05) is 6.61 Å². The number of rotatable bonds is 7. The maximum atomic E-state index is 6.38. The maximum Gasteiger partial charge on any atom is 0.187 e. The van der Waals surface area contributed by atoms with Gasteiger partial charge >= 0.3 is 0 Å². The summed E-state index contributed by atoms with van der Waals surface area (Å²) < 4.78 is 14.6. The fraction of sp³-hybridized carbons (Fsp3) is 0.550. The van der Waals surface area contributed by atoms with Gasteiger partial charge in [-0.2, -0.15) is 0 Å². The standard InChI is InChI=1S/C20H28N2O2/c1-4-5-19-13-23-20(24-19,14-22-11-10-21-15-22)9-8-18-7-6-16(2)12-17(18)3/h6-7,10-12,15,19H,4-5,8-9,13-14H2,1-3H3. The van der Waals surface area contributed by atoms with Crippen LogP contribution >= 0.6 is 0 Å². The topological polar surface area (TPSA) is 36.3 Å². The van der Waals surface area contributed by atoms with Gasteiger partial charge in [0.2, 0.25) is 0 Å². The van der Waals surface area contributed by atoms with Gasteiger partial charge in [0.15, 0.2) is 5.79 Å². The van der Waals surface area contributed by atoms with E-state index in [-0.39, 0.29) is 6.10 Å². The molecule has 0 bridgehead atoms. The normalized spacial score (nSPS) is 23.7. The van der Waals surface area contributed by atoms with Crippen molar-refractivity contribution in [1.29, 1.82) is 0 Å². The zero-order valence-electron chi connectivity index (χ0n) is 15.0. The van der Waals surface area contributed by atoms with E-state index in [9.17, 15) is 0 Å². The fourth-order valence-corrected chi connectivity index (χ4v) is 3.48. The van der Waals surface area contributed by atoms with Crippen molar-refractivity contribution in [3.8, 4) is 0 Å². The van der Waals surface area contributed by atoms with Crippen LogP contribution in [-0.4, -0.2) is 28.0 Å². The van der Waals surface area contributed by atoms with Gasteiger partial charge in [0.05, 0.1) is 25.6 Å². The SMILES string of the molecule is CCCC1COC(CCc2ccc(C)cc2C)(Cn2ccnc2)O1. The first-order valence-electron chi connectivity index (χ1n) is 8.94. The van der Waals surface area contributed by atoms with Crippen LogP contribution in [0.25, 0.3) is 0 Å². The van der Waals surface area contributed by atoms with Crippen LogP contribution < -0.4 is 0 Å². The molecule has 1 aliphatic heterocycles. The average molecular weight is 328 g/mol. The van der Waals surface area contributed by atoms with Crippen molar-refractivity contribution in [2.24, 2.45) is 0 Å². The van der Waals surface area contributed by atoms with Gasteiger partial charge in [-0.1, -0.05) is 37.1 Å². The quantitative estimate of drug-likeness (QED) is 0.769. The highest BCUT2D eigenvalue weighted by molar-refractivity contribution is 5.30. The summed E-state index contributed by atoms with van der Waals surface area (Å²) in [5, 5.41) is 0. The zero-order valence-corrected chi connectivity index (χ0v) is 15.0. The number of aryl methyl sites for hydroxylation is 3. The van der Waals surface area contributed by atoms with Crippen molar-refractivity contribution in [3.63, 3.8) is 0 Å². The minimum Gasteiger partial charge on any atom is -0.345 e. The van der Waals surface area contributed by atoms with E-state index in [0.29, 0.717) is 13.2 Å².